The second-order valence-corrected chi connectivity index (χ2v) is 8.01. The first-order valence-electron chi connectivity index (χ1n) is 9.06. The minimum absolute atomic E-state index is 0.0487. The van der Waals surface area contributed by atoms with Crippen LogP contribution in [0.25, 0.3) is 0 Å². The Bertz CT molecular complexity index is 730. The zero-order valence-electron chi connectivity index (χ0n) is 15.0. The molecule has 2 aromatic rings. The van der Waals surface area contributed by atoms with E-state index in [2.05, 4.69) is 0 Å². The SMILES string of the molecule is CC(N)C1CCN(C(=O)C(Sc2ccccc2F)c2ccccc2)CC1. The van der Waals surface area contributed by atoms with Gasteiger partial charge in [-0.3, -0.25) is 4.79 Å². The fraction of sp³-hybridized carbons (Fsp3) is 0.381. The van der Waals surface area contributed by atoms with E-state index in [1.165, 1.54) is 17.8 Å². The van der Waals surface area contributed by atoms with Crippen molar-refractivity contribution in [2.45, 2.75) is 36.0 Å². The molecule has 1 saturated heterocycles. The Morgan fingerprint density at radius 3 is 2.35 bits per heavy atom. The normalized spacial score (nSPS) is 17.7. The number of halogens is 1. The van der Waals surface area contributed by atoms with Crippen molar-refractivity contribution < 1.29 is 9.18 Å². The molecule has 1 aliphatic heterocycles. The Hall–Kier alpha value is -1.85. The molecular weight excluding hydrogens is 347 g/mol. The molecule has 3 rings (SSSR count). The smallest absolute Gasteiger partial charge is 0.240 e. The van der Waals surface area contributed by atoms with Gasteiger partial charge in [-0.1, -0.05) is 42.5 Å². The van der Waals surface area contributed by atoms with Gasteiger partial charge < -0.3 is 10.6 Å². The topological polar surface area (TPSA) is 46.3 Å². The minimum atomic E-state index is -0.444. The summed E-state index contributed by atoms with van der Waals surface area (Å²) in [7, 11) is 0. The summed E-state index contributed by atoms with van der Waals surface area (Å²) in [5, 5.41) is -0.444. The maximum atomic E-state index is 14.2. The van der Waals surface area contributed by atoms with Gasteiger partial charge in [0.15, 0.2) is 0 Å². The second kappa shape index (κ2) is 8.69. The summed E-state index contributed by atoms with van der Waals surface area (Å²) in [5.74, 6) is 0.225. The van der Waals surface area contributed by atoms with Crippen LogP contribution in [0.15, 0.2) is 59.5 Å². The van der Waals surface area contributed by atoms with E-state index in [1.54, 1.807) is 18.2 Å². The number of thioether (sulfide) groups is 1. The minimum Gasteiger partial charge on any atom is -0.341 e. The van der Waals surface area contributed by atoms with Crippen molar-refractivity contribution in [3.8, 4) is 0 Å². The summed E-state index contributed by atoms with van der Waals surface area (Å²) in [6, 6.07) is 16.4. The molecule has 26 heavy (non-hydrogen) atoms. The first-order valence-corrected chi connectivity index (χ1v) is 9.94. The third-order valence-corrected chi connectivity index (χ3v) is 6.30. The lowest BCUT2D eigenvalue weighted by atomic mass is 9.90. The zero-order valence-corrected chi connectivity index (χ0v) is 15.8. The lowest BCUT2D eigenvalue weighted by Crippen LogP contribution is -2.43. The molecule has 0 aromatic heterocycles. The Morgan fingerprint density at radius 2 is 1.73 bits per heavy atom. The van der Waals surface area contributed by atoms with E-state index >= 15 is 0 Å². The number of benzene rings is 2. The summed E-state index contributed by atoms with van der Waals surface area (Å²) < 4.78 is 14.2. The molecule has 2 unspecified atom stereocenters. The second-order valence-electron chi connectivity index (χ2n) is 6.86. The summed E-state index contributed by atoms with van der Waals surface area (Å²) in [6.45, 7) is 3.46. The van der Waals surface area contributed by atoms with Gasteiger partial charge >= 0.3 is 0 Å². The lowest BCUT2D eigenvalue weighted by Gasteiger charge is -2.35. The number of piperidine rings is 1. The molecule has 2 N–H and O–H groups in total. The molecule has 1 heterocycles. The van der Waals surface area contributed by atoms with Gasteiger partial charge in [0.05, 0.1) is 0 Å². The van der Waals surface area contributed by atoms with Gasteiger partial charge in [0.1, 0.15) is 11.1 Å². The molecule has 0 saturated carbocycles. The Balaban J connectivity index is 1.80. The van der Waals surface area contributed by atoms with Crippen LogP contribution in [0, 0.1) is 11.7 Å². The molecule has 2 atom stereocenters. The zero-order chi connectivity index (χ0) is 18.5. The number of carbonyl (C=O) groups is 1. The van der Waals surface area contributed by atoms with Crippen molar-refractivity contribution >= 4 is 17.7 Å². The van der Waals surface area contributed by atoms with Crippen molar-refractivity contribution in [1.29, 1.82) is 0 Å². The molecule has 0 spiro atoms. The van der Waals surface area contributed by atoms with Crippen LogP contribution in [0.1, 0.15) is 30.6 Å². The Labute approximate surface area is 158 Å². The van der Waals surface area contributed by atoms with E-state index in [9.17, 15) is 9.18 Å². The molecule has 5 heteroatoms. The maximum absolute atomic E-state index is 14.2. The third-order valence-electron chi connectivity index (χ3n) is 5.00. The average molecular weight is 373 g/mol. The van der Waals surface area contributed by atoms with Crippen LogP contribution in [0.5, 0.6) is 0 Å². The lowest BCUT2D eigenvalue weighted by molar-refractivity contribution is -0.132. The summed E-state index contributed by atoms with van der Waals surface area (Å²) in [6.07, 6.45) is 1.85. The quantitative estimate of drug-likeness (QED) is 0.799. The van der Waals surface area contributed by atoms with Gasteiger partial charge in [-0.05, 0) is 43.4 Å². The number of likely N-dealkylation sites (tertiary alicyclic amines) is 1. The first-order chi connectivity index (χ1) is 12.6. The van der Waals surface area contributed by atoms with Crippen LogP contribution in [-0.2, 0) is 4.79 Å². The van der Waals surface area contributed by atoms with Crippen LogP contribution in [0.4, 0.5) is 4.39 Å². The van der Waals surface area contributed by atoms with Crippen molar-refractivity contribution in [1.82, 2.24) is 4.90 Å². The maximum Gasteiger partial charge on any atom is 0.240 e. The number of amides is 1. The van der Waals surface area contributed by atoms with E-state index in [-0.39, 0.29) is 17.8 Å². The van der Waals surface area contributed by atoms with Gasteiger partial charge in [0.2, 0.25) is 5.91 Å². The van der Waals surface area contributed by atoms with E-state index in [0.29, 0.717) is 23.9 Å². The van der Waals surface area contributed by atoms with Crippen LogP contribution >= 0.6 is 11.8 Å². The molecule has 0 radical (unpaired) electrons. The standard InChI is InChI=1S/C21H25FN2OS/c1-15(23)16-11-13-24(14-12-16)21(25)20(17-7-3-2-4-8-17)26-19-10-6-5-9-18(19)22/h2-10,15-16,20H,11-14,23H2,1H3. The highest BCUT2D eigenvalue weighted by Crippen LogP contribution is 2.38. The summed E-state index contributed by atoms with van der Waals surface area (Å²) in [5.41, 5.74) is 6.91. The van der Waals surface area contributed by atoms with E-state index < -0.39 is 5.25 Å². The van der Waals surface area contributed by atoms with Gasteiger partial charge in [0.25, 0.3) is 0 Å². The fourth-order valence-corrected chi connectivity index (χ4v) is 4.50. The van der Waals surface area contributed by atoms with Crippen molar-refractivity contribution in [2.24, 2.45) is 11.7 Å². The first kappa shape index (κ1) is 18.9. The average Bonchev–Trinajstić information content (AvgIpc) is 2.67. The van der Waals surface area contributed by atoms with E-state index in [1.807, 2.05) is 42.2 Å². The fourth-order valence-electron chi connectivity index (χ4n) is 3.37. The van der Waals surface area contributed by atoms with Crippen molar-refractivity contribution in [3.63, 3.8) is 0 Å². The Kier molecular flexibility index (Phi) is 6.33. The monoisotopic (exact) mass is 372 g/mol. The summed E-state index contributed by atoms with van der Waals surface area (Å²) >= 11 is 1.29. The van der Waals surface area contributed by atoms with Crippen LogP contribution in [0.3, 0.4) is 0 Å². The van der Waals surface area contributed by atoms with E-state index in [4.69, 9.17) is 5.73 Å². The number of hydrogen-bond donors (Lipinski definition) is 1. The predicted molar refractivity (Wildman–Crippen MR) is 104 cm³/mol. The predicted octanol–water partition coefficient (Wildman–Crippen LogP) is 4.24. The number of nitrogens with zero attached hydrogens (tertiary/aromatic N) is 1. The number of rotatable bonds is 5. The molecular formula is C21H25FN2OS. The van der Waals surface area contributed by atoms with E-state index in [0.717, 1.165) is 18.4 Å². The number of hydrogen-bond acceptors (Lipinski definition) is 3. The molecule has 0 bridgehead atoms. The van der Waals surface area contributed by atoms with Crippen LogP contribution in [-0.4, -0.2) is 29.9 Å². The molecule has 1 amide bonds. The van der Waals surface area contributed by atoms with Crippen molar-refractivity contribution in [2.75, 3.05) is 13.1 Å². The van der Waals surface area contributed by atoms with Crippen molar-refractivity contribution in [3.05, 3.63) is 66.0 Å². The summed E-state index contributed by atoms with van der Waals surface area (Å²) in [4.78, 5) is 15.6. The Morgan fingerprint density at radius 1 is 1.12 bits per heavy atom. The molecule has 2 aromatic carbocycles. The van der Waals surface area contributed by atoms with Gasteiger partial charge in [-0.25, -0.2) is 4.39 Å². The molecule has 1 fully saturated rings. The van der Waals surface area contributed by atoms with Crippen LogP contribution in [0.2, 0.25) is 0 Å². The van der Waals surface area contributed by atoms with Gasteiger partial charge in [0, 0.05) is 24.0 Å². The van der Waals surface area contributed by atoms with Crippen LogP contribution < -0.4 is 5.73 Å². The highest BCUT2D eigenvalue weighted by Gasteiger charge is 2.31. The molecule has 0 aliphatic carbocycles. The molecule has 138 valence electrons. The number of nitrogens with two attached hydrogens (primary N) is 1. The molecule has 1 aliphatic rings. The highest BCUT2D eigenvalue weighted by atomic mass is 32.2. The number of carbonyl (C=O) groups excluding carboxylic acids is 1. The third kappa shape index (κ3) is 4.46. The highest BCUT2D eigenvalue weighted by molar-refractivity contribution is 8.00. The largest absolute Gasteiger partial charge is 0.341 e. The van der Waals surface area contributed by atoms with Gasteiger partial charge in [-0.15, -0.1) is 11.8 Å². The molecule has 3 nitrogen and oxygen atoms in total. The van der Waals surface area contributed by atoms with Gasteiger partial charge in [-0.2, -0.15) is 0 Å².